The van der Waals surface area contributed by atoms with Crippen molar-refractivity contribution in [2.45, 2.75) is 51.5 Å². The van der Waals surface area contributed by atoms with Gasteiger partial charge < -0.3 is 0 Å². The van der Waals surface area contributed by atoms with Crippen LogP contribution in [0.1, 0.15) is 60.7 Å². The molecule has 1 aliphatic rings. The second-order valence-corrected chi connectivity index (χ2v) is 4.42. The Hall–Kier alpha value is -1.12. The van der Waals surface area contributed by atoms with Gasteiger partial charge in [-0.1, -0.05) is 25.7 Å². The molecule has 0 saturated heterocycles. The molecule has 1 fully saturated rings. The number of carbonyl (C=O) groups excluding carboxylic acids is 1. The molecule has 3 heteroatoms. The van der Waals surface area contributed by atoms with Gasteiger partial charge in [-0.05, 0) is 25.8 Å². The molecule has 2 rings (SSSR count). The first-order valence-corrected chi connectivity index (χ1v) is 5.82. The molecule has 0 N–H and O–H groups in total. The molecule has 1 aliphatic carbocycles. The highest BCUT2D eigenvalue weighted by Gasteiger charge is 2.16. The number of aldehydes is 1. The van der Waals surface area contributed by atoms with Crippen LogP contribution in [0.2, 0.25) is 0 Å². The molecule has 1 aromatic heterocycles. The van der Waals surface area contributed by atoms with Crippen molar-refractivity contribution < 1.29 is 4.79 Å². The zero-order chi connectivity index (χ0) is 10.7. The fourth-order valence-corrected chi connectivity index (χ4v) is 2.44. The zero-order valence-electron chi connectivity index (χ0n) is 9.28. The van der Waals surface area contributed by atoms with E-state index in [1.54, 1.807) is 0 Å². The minimum absolute atomic E-state index is 0.515. The Balaban J connectivity index is 2.18. The SMILES string of the molecule is Cc1cc(C=O)nn1C1CCCCCC1. The smallest absolute Gasteiger partial charge is 0.170 e. The van der Waals surface area contributed by atoms with E-state index < -0.39 is 0 Å². The first-order chi connectivity index (χ1) is 7.31. The second-order valence-electron chi connectivity index (χ2n) is 4.42. The number of hydrogen-bond acceptors (Lipinski definition) is 2. The molecular formula is C12H18N2O. The summed E-state index contributed by atoms with van der Waals surface area (Å²) in [5.74, 6) is 0. The molecule has 0 spiro atoms. The van der Waals surface area contributed by atoms with Crippen LogP contribution in [0.15, 0.2) is 6.07 Å². The van der Waals surface area contributed by atoms with Crippen molar-refractivity contribution >= 4 is 6.29 Å². The van der Waals surface area contributed by atoms with E-state index in [-0.39, 0.29) is 0 Å². The van der Waals surface area contributed by atoms with Gasteiger partial charge in [0.1, 0.15) is 5.69 Å². The lowest BCUT2D eigenvalue weighted by molar-refractivity contribution is 0.111. The minimum Gasteiger partial charge on any atom is -0.296 e. The van der Waals surface area contributed by atoms with E-state index in [0.717, 1.165) is 12.0 Å². The van der Waals surface area contributed by atoms with Gasteiger partial charge >= 0.3 is 0 Å². The minimum atomic E-state index is 0.515. The monoisotopic (exact) mass is 206 g/mol. The van der Waals surface area contributed by atoms with E-state index in [1.165, 1.54) is 38.5 Å². The highest BCUT2D eigenvalue weighted by molar-refractivity contribution is 5.71. The topological polar surface area (TPSA) is 34.9 Å². The van der Waals surface area contributed by atoms with E-state index in [9.17, 15) is 4.79 Å². The third-order valence-electron chi connectivity index (χ3n) is 3.23. The number of hydrogen-bond donors (Lipinski definition) is 0. The number of nitrogens with zero attached hydrogens (tertiary/aromatic N) is 2. The molecule has 0 bridgehead atoms. The van der Waals surface area contributed by atoms with Crippen LogP contribution in [0.5, 0.6) is 0 Å². The first-order valence-electron chi connectivity index (χ1n) is 5.82. The molecule has 0 aliphatic heterocycles. The predicted molar refractivity (Wildman–Crippen MR) is 59.1 cm³/mol. The van der Waals surface area contributed by atoms with Gasteiger partial charge in [-0.25, -0.2) is 0 Å². The number of rotatable bonds is 2. The number of aromatic nitrogens is 2. The third-order valence-corrected chi connectivity index (χ3v) is 3.23. The normalized spacial score (nSPS) is 18.7. The van der Waals surface area contributed by atoms with Gasteiger partial charge in [-0.15, -0.1) is 0 Å². The van der Waals surface area contributed by atoms with Crippen molar-refractivity contribution in [3.63, 3.8) is 0 Å². The lowest BCUT2D eigenvalue weighted by atomic mass is 10.1. The van der Waals surface area contributed by atoms with Gasteiger partial charge in [0, 0.05) is 5.69 Å². The lowest BCUT2D eigenvalue weighted by Gasteiger charge is -2.16. The average Bonchev–Trinajstić information content (AvgIpc) is 2.48. The summed E-state index contributed by atoms with van der Waals surface area (Å²) < 4.78 is 2.05. The Kier molecular flexibility index (Phi) is 3.19. The Morgan fingerprint density at radius 1 is 1.33 bits per heavy atom. The zero-order valence-corrected chi connectivity index (χ0v) is 9.28. The van der Waals surface area contributed by atoms with Gasteiger partial charge in [0.2, 0.25) is 0 Å². The van der Waals surface area contributed by atoms with Crippen molar-refractivity contribution in [1.82, 2.24) is 9.78 Å². The molecule has 0 radical (unpaired) electrons. The standard InChI is InChI=1S/C12H18N2O/c1-10-8-11(9-15)13-14(10)12-6-4-2-3-5-7-12/h8-9,12H,2-7H2,1H3. The van der Waals surface area contributed by atoms with Crippen LogP contribution >= 0.6 is 0 Å². The van der Waals surface area contributed by atoms with Crippen molar-refractivity contribution in [1.29, 1.82) is 0 Å². The highest BCUT2D eigenvalue weighted by atomic mass is 16.1. The summed E-state index contributed by atoms with van der Waals surface area (Å²) in [4.78, 5) is 10.6. The summed E-state index contributed by atoms with van der Waals surface area (Å²) in [5.41, 5.74) is 1.68. The molecule has 1 saturated carbocycles. The molecule has 3 nitrogen and oxygen atoms in total. The third kappa shape index (κ3) is 2.28. The Labute approximate surface area is 90.5 Å². The Morgan fingerprint density at radius 3 is 2.53 bits per heavy atom. The van der Waals surface area contributed by atoms with Gasteiger partial charge in [0.05, 0.1) is 6.04 Å². The number of carbonyl (C=O) groups is 1. The second kappa shape index (κ2) is 4.60. The molecule has 0 unspecified atom stereocenters. The van der Waals surface area contributed by atoms with E-state index in [2.05, 4.69) is 9.78 Å². The summed E-state index contributed by atoms with van der Waals surface area (Å²) in [6.45, 7) is 2.03. The van der Waals surface area contributed by atoms with Gasteiger partial charge in [-0.3, -0.25) is 9.48 Å². The van der Waals surface area contributed by atoms with E-state index >= 15 is 0 Å². The van der Waals surface area contributed by atoms with Crippen LogP contribution in [-0.2, 0) is 0 Å². The molecule has 1 aromatic rings. The van der Waals surface area contributed by atoms with Crippen LogP contribution in [0.3, 0.4) is 0 Å². The predicted octanol–water partition coefficient (Wildman–Crippen LogP) is 2.90. The van der Waals surface area contributed by atoms with Crippen LogP contribution < -0.4 is 0 Å². The summed E-state index contributed by atoms with van der Waals surface area (Å²) in [6.07, 6.45) is 8.53. The quantitative estimate of drug-likeness (QED) is 0.551. The van der Waals surface area contributed by atoms with Crippen molar-refractivity contribution in [2.75, 3.05) is 0 Å². The molecule has 15 heavy (non-hydrogen) atoms. The maximum atomic E-state index is 10.6. The fraction of sp³-hybridized carbons (Fsp3) is 0.667. The van der Waals surface area contributed by atoms with Crippen LogP contribution in [0.25, 0.3) is 0 Å². The Bertz CT molecular complexity index is 335. The van der Waals surface area contributed by atoms with Crippen LogP contribution in [0, 0.1) is 6.92 Å². The molecule has 0 aromatic carbocycles. The Morgan fingerprint density at radius 2 is 2.00 bits per heavy atom. The maximum absolute atomic E-state index is 10.6. The molecular weight excluding hydrogens is 188 g/mol. The molecule has 82 valence electrons. The van der Waals surface area contributed by atoms with Crippen molar-refractivity contribution in [3.8, 4) is 0 Å². The molecule has 1 heterocycles. The van der Waals surface area contributed by atoms with Crippen molar-refractivity contribution in [3.05, 3.63) is 17.5 Å². The molecule has 0 amide bonds. The number of aryl methyl sites for hydroxylation is 1. The van der Waals surface area contributed by atoms with Gasteiger partial charge in [-0.2, -0.15) is 5.10 Å². The van der Waals surface area contributed by atoms with Gasteiger partial charge in [0.15, 0.2) is 6.29 Å². The first kappa shape index (κ1) is 10.4. The lowest BCUT2D eigenvalue weighted by Crippen LogP contribution is -2.11. The largest absolute Gasteiger partial charge is 0.296 e. The van der Waals surface area contributed by atoms with E-state index in [1.807, 2.05) is 13.0 Å². The van der Waals surface area contributed by atoms with E-state index in [4.69, 9.17) is 0 Å². The maximum Gasteiger partial charge on any atom is 0.170 e. The summed E-state index contributed by atoms with van der Waals surface area (Å²) in [5, 5.41) is 4.34. The fourth-order valence-electron chi connectivity index (χ4n) is 2.44. The van der Waals surface area contributed by atoms with Gasteiger partial charge in [0.25, 0.3) is 0 Å². The summed E-state index contributed by atoms with van der Waals surface area (Å²) >= 11 is 0. The van der Waals surface area contributed by atoms with Crippen molar-refractivity contribution in [2.24, 2.45) is 0 Å². The average molecular weight is 206 g/mol. The highest BCUT2D eigenvalue weighted by Crippen LogP contribution is 2.27. The summed E-state index contributed by atoms with van der Waals surface area (Å²) in [6, 6.07) is 2.39. The van der Waals surface area contributed by atoms with E-state index in [0.29, 0.717) is 11.7 Å². The molecule has 0 atom stereocenters. The summed E-state index contributed by atoms with van der Waals surface area (Å²) in [7, 11) is 0. The van der Waals surface area contributed by atoms with Crippen LogP contribution in [0.4, 0.5) is 0 Å². The van der Waals surface area contributed by atoms with Crippen LogP contribution in [-0.4, -0.2) is 16.1 Å².